The maximum absolute atomic E-state index is 5.20. The monoisotopic (exact) mass is 369 g/mol. The van der Waals surface area contributed by atoms with Gasteiger partial charge in [0.25, 0.3) is 0 Å². The highest BCUT2D eigenvalue weighted by molar-refractivity contribution is 5.33. The molecule has 3 aromatic rings. The Morgan fingerprint density at radius 2 is 2.07 bits per heavy atom. The third kappa shape index (κ3) is 3.60. The lowest BCUT2D eigenvalue weighted by Crippen LogP contribution is -2.35. The highest BCUT2D eigenvalue weighted by Gasteiger charge is 2.27. The maximum Gasteiger partial charge on any atom is 0.228 e. The molecule has 4 rings (SSSR count). The van der Waals surface area contributed by atoms with Gasteiger partial charge in [-0.25, -0.2) is 14.6 Å². The van der Waals surface area contributed by atoms with Crippen LogP contribution in [0.5, 0.6) is 5.88 Å². The van der Waals surface area contributed by atoms with Crippen LogP contribution in [0.15, 0.2) is 24.9 Å². The van der Waals surface area contributed by atoms with Crippen molar-refractivity contribution < 1.29 is 4.74 Å². The molecule has 0 saturated carbocycles. The Labute approximate surface area is 157 Å². The number of hydrogen-bond acceptors (Lipinski definition) is 8. The summed E-state index contributed by atoms with van der Waals surface area (Å²) in [5.74, 6) is 3.65. The van der Waals surface area contributed by atoms with E-state index in [4.69, 9.17) is 4.74 Å². The Kier molecular flexibility index (Phi) is 4.95. The number of hydrogen-bond donors (Lipinski definition) is 0. The van der Waals surface area contributed by atoms with Crippen LogP contribution >= 0.6 is 0 Å². The Morgan fingerprint density at radius 1 is 1.22 bits per heavy atom. The standard InChI is InChI=1S/C17H23N9O/c1-3-26-14(10-25-12-18-11-20-25)22-23-16(26)13-5-8-24(9-6-13)17-19-7-4-15(21-17)27-2/h4,7,11-13H,3,5-6,8-10H2,1-2H3. The lowest BCUT2D eigenvalue weighted by molar-refractivity contribution is 0.395. The lowest BCUT2D eigenvalue weighted by atomic mass is 9.96. The van der Waals surface area contributed by atoms with Gasteiger partial charge in [0.2, 0.25) is 11.8 Å². The summed E-state index contributed by atoms with van der Waals surface area (Å²) >= 11 is 0. The fourth-order valence-electron chi connectivity index (χ4n) is 3.51. The van der Waals surface area contributed by atoms with Gasteiger partial charge in [-0.15, -0.1) is 10.2 Å². The topological polar surface area (TPSA) is 99.7 Å². The summed E-state index contributed by atoms with van der Waals surface area (Å²) in [5.41, 5.74) is 0. The second kappa shape index (κ2) is 7.68. The first kappa shape index (κ1) is 17.4. The maximum atomic E-state index is 5.20. The van der Waals surface area contributed by atoms with Crippen LogP contribution in [0.1, 0.15) is 37.3 Å². The molecule has 0 unspecified atom stereocenters. The van der Waals surface area contributed by atoms with Crippen LogP contribution in [0, 0.1) is 0 Å². The number of aromatic nitrogens is 8. The van der Waals surface area contributed by atoms with E-state index in [1.165, 1.54) is 6.33 Å². The molecule has 10 nitrogen and oxygen atoms in total. The van der Waals surface area contributed by atoms with E-state index < -0.39 is 0 Å². The molecular formula is C17H23N9O. The summed E-state index contributed by atoms with van der Waals surface area (Å²) in [6.45, 7) is 5.31. The summed E-state index contributed by atoms with van der Waals surface area (Å²) in [6, 6.07) is 1.76. The van der Waals surface area contributed by atoms with Crippen molar-refractivity contribution >= 4 is 5.95 Å². The van der Waals surface area contributed by atoms with Crippen molar-refractivity contribution in [3.05, 3.63) is 36.6 Å². The van der Waals surface area contributed by atoms with Gasteiger partial charge in [-0.1, -0.05) is 0 Å². The Balaban J connectivity index is 1.45. The van der Waals surface area contributed by atoms with Crippen LogP contribution in [-0.4, -0.2) is 59.7 Å². The first-order valence-corrected chi connectivity index (χ1v) is 9.14. The zero-order valence-electron chi connectivity index (χ0n) is 15.6. The molecule has 1 fully saturated rings. The normalized spacial score (nSPS) is 15.3. The minimum Gasteiger partial charge on any atom is -0.481 e. The molecule has 4 heterocycles. The Bertz CT molecular complexity index is 868. The highest BCUT2D eigenvalue weighted by atomic mass is 16.5. The number of nitrogens with zero attached hydrogens (tertiary/aromatic N) is 9. The molecule has 0 bridgehead atoms. The van der Waals surface area contributed by atoms with E-state index in [-0.39, 0.29) is 0 Å². The van der Waals surface area contributed by atoms with Crippen molar-refractivity contribution in [1.29, 1.82) is 0 Å². The lowest BCUT2D eigenvalue weighted by Gasteiger charge is -2.31. The highest BCUT2D eigenvalue weighted by Crippen LogP contribution is 2.29. The molecule has 3 aromatic heterocycles. The van der Waals surface area contributed by atoms with Gasteiger partial charge in [-0.05, 0) is 19.8 Å². The molecule has 0 amide bonds. The van der Waals surface area contributed by atoms with Gasteiger partial charge in [0.15, 0.2) is 5.82 Å². The third-order valence-electron chi connectivity index (χ3n) is 4.91. The van der Waals surface area contributed by atoms with Crippen molar-refractivity contribution in [2.75, 3.05) is 25.1 Å². The zero-order valence-corrected chi connectivity index (χ0v) is 15.6. The SMILES string of the molecule is CCn1c(Cn2cncn2)nnc1C1CCN(c2nccc(OC)n2)CC1. The van der Waals surface area contributed by atoms with Gasteiger partial charge in [-0.2, -0.15) is 10.1 Å². The quantitative estimate of drug-likeness (QED) is 0.637. The predicted molar refractivity (Wildman–Crippen MR) is 97.6 cm³/mol. The van der Waals surface area contributed by atoms with E-state index in [0.717, 1.165) is 50.1 Å². The molecule has 0 aliphatic carbocycles. The largest absolute Gasteiger partial charge is 0.481 e. The van der Waals surface area contributed by atoms with E-state index in [1.54, 1.807) is 30.4 Å². The summed E-state index contributed by atoms with van der Waals surface area (Å²) in [6.07, 6.45) is 6.94. The van der Waals surface area contributed by atoms with Crippen molar-refractivity contribution in [1.82, 2.24) is 39.5 Å². The van der Waals surface area contributed by atoms with Gasteiger partial charge in [0.05, 0.1) is 7.11 Å². The van der Waals surface area contributed by atoms with E-state index >= 15 is 0 Å². The molecule has 0 atom stereocenters. The van der Waals surface area contributed by atoms with E-state index in [9.17, 15) is 0 Å². The van der Waals surface area contributed by atoms with Crippen LogP contribution in [0.25, 0.3) is 0 Å². The second-order valence-electron chi connectivity index (χ2n) is 6.47. The van der Waals surface area contributed by atoms with Gasteiger partial charge in [-0.3, -0.25) is 0 Å². The fourth-order valence-corrected chi connectivity index (χ4v) is 3.51. The van der Waals surface area contributed by atoms with Gasteiger partial charge in [0, 0.05) is 37.8 Å². The van der Waals surface area contributed by atoms with Crippen molar-refractivity contribution in [2.24, 2.45) is 0 Å². The number of ether oxygens (including phenoxy) is 1. The molecule has 10 heteroatoms. The Morgan fingerprint density at radius 3 is 2.78 bits per heavy atom. The Hall–Kier alpha value is -3.04. The molecule has 142 valence electrons. The second-order valence-corrected chi connectivity index (χ2v) is 6.47. The molecule has 1 aliphatic rings. The van der Waals surface area contributed by atoms with Crippen LogP contribution < -0.4 is 9.64 Å². The van der Waals surface area contributed by atoms with Crippen LogP contribution in [0.3, 0.4) is 0 Å². The number of methoxy groups -OCH3 is 1. The zero-order chi connectivity index (χ0) is 18.6. The molecule has 0 N–H and O–H groups in total. The fraction of sp³-hybridized carbons (Fsp3) is 0.529. The van der Waals surface area contributed by atoms with Gasteiger partial charge < -0.3 is 14.2 Å². The van der Waals surface area contributed by atoms with E-state index in [1.807, 2.05) is 0 Å². The number of piperidine rings is 1. The number of anilines is 1. The summed E-state index contributed by atoms with van der Waals surface area (Å²) in [7, 11) is 1.62. The minimum atomic E-state index is 0.379. The van der Waals surface area contributed by atoms with Crippen molar-refractivity contribution in [3.63, 3.8) is 0 Å². The van der Waals surface area contributed by atoms with E-state index in [0.29, 0.717) is 18.3 Å². The molecule has 27 heavy (non-hydrogen) atoms. The average molecular weight is 369 g/mol. The summed E-state index contributed by atoms with van der Waals surface area (Å²) < 4.78 is 9.17. The molecule has 1 saturated heterocycles. The molecule has 0 aromatic carbocycles. The molecular weight excluding hydrogens is 346 g/mol. The predicted octanol–water partition coefficient (Wildman–Crippen LogP) is 1.12. The van der Waals surface area contributed by atoms with Crippen LogP contribution in [0.2, 0.25) is 0 Å². The molecule has 1 aliphatic heterocycles. The smallest absolute Gasteiger partial charge is 0.228 e. The number of rotatable bonds is 6. The average Bonchev–Trinajstić information content (AvgIpc) is 3.38. The molecule has 0 spiro atoms. The van der Waals surface area contributed by atoms with Crippen molar-refractivity contribution in [3.8, 4) is 5.88 Å². The third-order valence-corrected chi connectivity index (χ3v) is 4.91. The van der Waals surface area contributed by atoms with Crippen LogP contribution in [0.4, 0.5) is 5.95 Å². The summed E-state index contributed by atoms with van der Waals surface area (Å²) in [4.78, 5) is 15.0. The van der Waals surface area contributed by atoms with E-state index in [2.05, 4.69) is 46.6 Å². The van der Waals surface area contributed by atoms with Crippen molar-refractivity contribution in [2.45, 2.75) is 38.8 Å². The van der Waals surface area contributed by atoms with Crippen LogP contribution in [-0.2, 0) is 13.1 Å². The van der Waals surface area contributed by atoms with Gasteiger partial charge in [0.1, 0.15) is 25.0 Å². The minimum absolute atomic E-state index is 0.379. The first-order chi connectivity index (χ1) is 13.3. The molecule has 0 radical (unpaired) electrons. The summed E-state index contributed by atoms with van der Waals surface area (Å²) in [5, 5.41) is 13.1. The van der Waals surface area contributed by atoms with Gasteiger partial charge >= 0.3 is 0 Å². The first-order valence-electron chi connectivity index (χ1n) is 9.14.